The van der Waals surface area contributed by atoms with E-state index in [2.05, 4.69) is 15.4 Å². The number of aromatic nitrogens is 3. The van der Waals surface area contributed by atoms with E-state index in [0.717, 1.165) is 42.8 Å². The summed E-state index contributed by atoms with van der Waals surface area (Å²) < 4.78 is 45.4. The van der Waals surface area contributed by atoms with Crippen molar-refractivity contribution < 1.29 is 22.4 Å². The van der Waals surface area contributed by atoms with Gasteiger partial charge in [0, 0.05) is 12.8 Å². The first-order chi connectivity index (χ1) is 14.8. The van der Waals surface area contributed by atoms with Crippen molar-refractivity contribution in [3.8, 4) is 0 Å². The van der Waals surface area contributed by atoms with E-state index in [9.17, 15) is 22.8 Å². The second-order valence-corrected chi connectivity index (χ2v) is 7.44. The van der Waals surface area contributed by atoms with Gasteiger partial charge in [0.2, 0.25) is 17.2 Å². The topological polar surface area (TPSA) is 90.0 Å². The van der Waals surface area contributed by atoms with Crippen LogP contribution in [0, 0.1) is 0 Å². The number of unbranched alkanes of at least 4 members (excludes halogenated alkanes) is 4. The second kappa shape index (κ2) is 9.49. The zero-order valence-corrected chi connectivity index (χ0v) is 17.5. The Kier molecular flexibility index (Phi) is 6.97. The molecule has 31 heavy (non-hydrogen) atoms. The summed E-state index contributed by atoms with van der Waals surface area (Å²) in [6.45, 7) is 4.05. The number of carbonyl (C=O) groups is 1. The lowest BCUT2D eigenvalue weighted by Crippen LogP contribution is -2.36. The number of fused-ring (bicyclic) bond motifs is 3. The second-order valence-electron chi connectivity index (χ2n) is 7.44. The number of alkyl halides is 3. The van der Waals surface area contributed by atoms with E-state index in [1.807, 2.05) is 13.8 Å². The van der Waals surface area contributed by atoms with Crippen molar-refractivity contribution in [3.63, 3.8) is 0 Å². The zero-order chi connectivity index (χ0) is 22.6. The Morgan fingerprint density at radius 1 is 1.10 bits per heavy atom. The number of pyridine rings is 1. The van der Waals surface area contributed by atoms with Crippen LogP contribution >= 0.6 is 0 Å². The summed E-state index contributed by atoms with van der Waals surface area (Å²) in [5.74, 6) is -0.000533. The third-order valence-electron chi connectivity index (χ3n) is 4.96. The summed E-state index contributed by atoms with van der Waals surface area (Å²) >= 11 is 0. The molecule has 3 heterocycles. The number of hydrogen-bond donors (Lipinski definition) is 1. The smallest absolute Gasteiger partial charge is 0.430 e. The van der Waals surface area contributed by atoms with Crippen LogP contribution < -0.4 is 11.0 Å². The van der Waals surface area contributed by atoms with Gasteiger partial charge in [0.05, 0.1) is 5.39 Å². The molecule has 0 radical (unpaired) electrons. The fourth-order valence-electron chi connectivity index (χ4n) is 3.31. The van der Waals surface area contributed by atoms with Crippen LogP contribution in [-0.2, 0) is 17.4 Å². The van der Waals surface area contributed by atoms with Crippen molar-refractivity contribution in [2.75, 3.05) is 5.43 Å². The SMILES string of the molecule is CCCCCC(=O)Nn1c(CCCCC)nc2c(oc3nc(C(F)(F)F)ccc32)c1=O. The van der Waals surface area contributed by atoms with Crippen LogP contribution in [0.15, 0.2) is 21.3 Å². The van der Waals surface area contributed by atoms with E-state index in [1.54, 1.807) is 0 Å². The van der Waals surface area contributed by atoms with Crippen LogP contribution in [0.5, 0.6) is 0 Å². The van der Waals surface area contributed by atoms with Gasteiger partial charge >= 0.3 is 11.7 Å². The summed E-state index contributed by atoms with van der Waals surface area (Å²) in [6, 6.07) is 2.03. The molecule has 10 heteroatoms. The number of hydrogen-bond acceptors (Lipinski definition) is 5. The van der Waals surface area contributed by atoms with Crippen LogP contribution in [0.3, 0.4) is 0 Å². The van der Waals surface area contributed by atoms with Gasteiger partial charge < -0.3 is 4.42 Å². The minimum absolute atomic E-state index is 0.143. The number of nitrogens with one attached hydrogen (secondary N) is 1. The van der Waals surface area contributed by atoms with Crippen LogP contribution in [-0.4, -0.2) is 20.6 Å². The van der Waals surface area contributed by atoms with Gasteiger partial charge in [0.25, 0.3) is 0 Å². The molecule has 3 aromatic heterocycles. The molecule has 0 aliphatic rings. The first kappa shape index (κ1) is 22.8. The normalized spacial score (nSPS) is 12.0. The highest BCUT2D eigenvalue weighted by atomic mass is 19.4. The standard InChI is InChI=1S/C21H25F3N4O3/c1-3-5-7-9-15-26-17-13-11-12-14(21(22,23)24)25-19(13)31-18(17)20(30)28(15)27-16(29)10-8-6-4-2/h11-12H,3-10H2,1-2H3,(H,27,29). The van der Waals surface area contributed by atoms with Crippen LogP contribution in [0.25, 0.3) is 22.2 Å². The van der Waals surface area contributed by atoms with Crippen molar-refractivity contribution >= 4 is 28.1 Å². The highest BCUT2D eigenvalue weighted by molar-refractivity contribution is 6.00. The number of halogens is 3. The molecule has 3 rings (SSSR count). The molecule has 0 unspecified atom stereocenters. The third kappa shape index (κ3) is 5.05. The van der Waals surface area contributed by atoms with Gasteiger partial charge in [-0.15, -0.1) is 0 Å². The molecule has 0 saturated carbocycles. The molecule has 0 bridgehead atoms. The summed E-state index contributed by atoms with van der Waals surface area (Å²) in [5, 5.41) is 0.221. The summed E-state index contributed by atoms with van der Waals surface area (Å²) in [5.41, 5.74) is 0.370. The van der Waals surface area contributed by atoms with Crippen molar-refractivity contribution in [2.24, 2.45) is 0 Å². The Morgan fingerprint density at radius 2 is 1.81 bits per heavy atom. The maximum absolute atomic E-state index is 13.1. The van der Waals surface area contributed by atoms with Gasteiger partial charge in [-0.25, -0.2) is 9.97 Å². The largest absolute Gasteiger partial charge is 0.433 e. The molecule has 0 saturated heterocycles. The van der Waals surface area contributed by atoms with Gasteiger partial charge in [0.1, 0.15) is 17.0 Å². The maximum atomic E-state index is 13.1. The van der Waals surface area contributed by atoms with E-state index in [1.165, 1.54) is 6.07 Å². The van der Waals surface area contributed by atoms with E-state index in [-0.39, 0.29) is 34.5 Å². The van der Waals surface area contributed by atoms with Gasteiger partial charge in [-0.2, -0.15) is 17.8 Å². The Balaban J connectivity index is 2.08. The average molecular weight is 438 g/mol. The summed E-state index contributed by atoms with van der Waals surface area (Å²) in [6.07, 6.45) is 1.17. The Morgan fingerprint density at radius 3 is 2.48 bits per heavy atom. The fourth-order valence-corrected chi connectivity index (χ4v) is 3.31. The number of nitrogens with zero attached hydrogens (tertiary/aromatic N) is 3. The lowest BCUT2D eigenvalue weighted by molar-refractivity contribution is -0.141. The lowest BCUT2D eigenvalue weighted by atomic mass is 10.2. The first-order valence-corrected chi connectivity index (χ1v) is 10.5. The van der Waals surface area contributed by atoms with E-state index in [4.69, 9.17) is 4.42 Å². The lowest BCUT2D eigenvalue weighted by Gasteiger charge is -2.13. The Labute approximate surface area is 176 Å². The van der Waals surface area contributed by atoms with E-state index < -0.39 is 17.4 Å². The molecular formula is C21H25F3N4O3. The van der Waals surface area contributed by atoms with Crippen LogP contribution in [0.1, 0.15) is 70.3 Å². The highest BCUT2D eigenvalue weighted by Crippen LogP contribution is 2.31. The van der Waals surface area contributed by atoms with Crippen molar-refractivity contribution in [3.05, 3.63) is 34.0 Å². The quantitative estimate of drug-likeness (QED) is 0.478. The number of aryl methyl sites for hydroxylation is 1. The van der Waals surface area contributed by atoms with Gasteiger partial charge in [0.15, 0.2) is 0 Å². The zero-order valence-electron chi connectivity index (χ0n) is 17.5. The fraction of sp³-hybridized carbons (Fsp3) is 0.524. The molecule has 1 N–H and O–H groups in total. The van der Waals surface area contributed by atoms with Gasteiger partial charge in [-0.1, -0.05) is 39.5 Å². The minimum atomic E-state index is -4.64. The molecule has 0 atom stereocenters. The molecule has 0 fully saturated rings. The van der Waals surface area contributed by atoms with Crippen molar-refractivity contribution in [1.82, 2.24) is 14.6 Å². The Hall–Kier alpha value is -2.91. The van der Waals surface area contributed by atoms with Gasteiger partial charge in [-0.3, -0.25) is 15.0 Å². The molecule has 168 valence electrons. The number of amides is 1. The monoisotopic (exact) mass is 438 g/mol. The maximum Gasteiger partial charge on any atom is 0.433 e. The predicted molar refractivity (Wildman–Crippen MR) is 110 cm³/mol. The number of carbonyl (C=O) groups excluding carboxylic acids is 1. The third-order valence-corrected chi connectivity index (χ3v) is 4.96. The molecule has 0 aliphatic carbocycles. The Bertz CT molecular complexity index is 1130. The van der Waals surface area contributed by atoms with Crippen molar-refractivity contribution in [1.29, 1.82) is 0 Å². The van der Waals surface area contributed by atoms with E-state index in [0.29, 0.717) is 18.7 Å². The van der Waals surface area contributed by atoms with Crippen molar-refractivity contribution in [2.45, 2.75) is 71.4 Å². The summed E-state index contributed by atoms with van der Waals surface area (Å²) in [7, 11) is 0. The minimum Gasteiger partial charge on any atom is -0.430 e. The first-order valence-electron chi connectivity index (χ1n) is 10.5. The highest BCUT2D eigenvalue weighted by Gasteiger charge is 2.33. The van der Waals surface area contributed by atoms with Gasteiger partial charge in [-0.05, 0) is 25.0 Å². The van der Waals surface area contributed by atoms with E-state index >= 15 is 0 Å². The molecule has 0 aromatic carbocycles. The predicted octanol–water partition coefficient (Wildman–Crippen LogP) is 4.94. The molecule has 3 aromatic rings. The molecular weight excluding hydrogens is 413 g/mol. The molecule has 0 aliphatic heterocycles. The molecule has 0 spiro atoms. The number of furan rings is 1. The van der Waals surface area contributed by atoms with Crippen LogP contribution in [0.2, 0.25) is 0 Å². The molecule has 1 amide bonds. The number of rotatable bonds is 9. The van der Waals surface area contributed by atoms with Crippen LogP contribution in [0.4, 0.5) is 13.2 Å². The average Bonchev–Trinajstić information content (AvgIpc) is 3.08. The molecule has 7 nitrogen and oxygen atoms in total. The summed E-state index contributed by atoms with van der Waals surface area (Å²) in [4.78, 5) is 33.4.